The van der Waals surface area contributed by atoms with Crippen LogP contribution in [0.5, 0.6) is 0 Å². The molecule has 0 saturated heterocycles. The van der Waals surface area contributed by atoms with E-state index in [1.807, 2.05) is 0 Å². The Hall–Kier alpha value is -1.20. The summed E-state index contributed by atoms with van der Waals surface area (Å²) in [7, 11) is 4.17. The molecule has 0 heterocycles. The summed E-state index contributed by atoms with van der Waals surface area (Å²) >= 11 is 3.12. The van der Waals surface area contributed by atoms with Gasteiger partial charge in [-0.25, -0.2) is 0 Å². The standard InChI is InChI=1S/C9H15N.5CO.Cr/c1-10(2)8-9-6-4-3-5-7-9;5*1-2;/h6H,3-5,7H2,1-2H3;;;;;;. The van der Waals surface area contributed by atoms with Gasteiger partial charge in [-0.05, 0) is 0 Å². The summed E-state index contributed by atoms with van der Waals surface area (Å²) in [5.74, 6) is 0. The number of hydrogen-bond donors (Lipinski definition) is 0. The second-order valence-corrected chi connectivity index (χ2v) is 3.78. The summed E-state index contributed by atoms with van der Waals surface area (Å²) in [6.07, 6.45) is 7.58. The van der Waals surface area contributed by atoms with Crippen LogP contribution < -0.4 is 0 Å². The molecule has 0 bridgehead atoms. The fourth-order valence-corrected chi connectivity index (χ4v) is 1.61. The molecule has 0 saturated carbocycles. The fraction of sp³-hybridized carbons (Fsp3) is 0.429. The number of likely N-dealkylation sites (N-methyl/N-ethyl adjacent to an activating group) is 1. The van der Waals surface area contributed by atoms with Crippen LogP contribution in [0.2, 0.25) is 0 Å². The van der Waals surface area contributed by atoms with Crippen LogP contribution in [0.25, 0.3) is 0 Å². The van der Waals surface area contributed by atoms with Crippen molar-refractivity contribution in [3.63, 3.8) is 0 Å². The van der Waals surface area contributed by atoms with Crippen LogP contribution in [0.1, 0.15) is 25.7 Å². The Labute approximate surface area is 133 Å². The Morgan fingerprint density at radius 1 is 0.905 bits per heavy atom. The van der Waals surface area contributed by atoms with Gasteiger partial charge in [0.25, 0.3) is 0 Å². The minimum absolute atomic E-state index is 1.25. The van der Waals surface area contributed by atoms with Crippen molar-refractivity contribution in [1.29, 1.82) is 0 Å². The van der Waals surface area contributed by atoms with Crippen molar-refractivity contribution >= 4 is 4.50 Å². The van der Waals surface area contributed by atoms with Gasteiger partial charge in [-0.3, -0.25) is 0 Å². The normalized spacial score (nSPS) is 10.0. The quantitative estimate of drug-likeness (QED) is 0.556. The van der Waals surface area contributed by atoms with Crippen molar-refractivity contribution in [2.45, 2.75) is 25.7 Å². The van der Waals surface area contributed by atoms with Gasteiger partial charge in [-0.15, -0.1) is 0 Å². The molecule has 6 nitrogen and oxygen atoms in total. The summed E-state index contributed by atoms with van der Waals surface area (Å²) in [5, 5.41) is 0. The molecular formula is C14H15CrNO5. The van der Waals surface area contributed by atoms with Gasteiger partial charge < -0.3 is 0 Å². The monoisotopic (exact) mass is 329 g/mol. The van der Waals surface area contributed by atoms with Crippen molar-refractivity contribution in [1.82, 2.24) is 4.90 Å². The van der Waals surface area contributed by atoms with Gasteiger partial charge in [0.1, 0.15) is 0 Å². The van der Waals surface area contributed by atoms with Gasteiger partial charge in [0, 0.05) is 0 Å². The summed E-state index contributed by atoms with van der Waals surface area (Å²) in [5.41, 5.74) is 1.50. The molecular weight excluding hydrogens is 314 g/mol. The fourth-order valence-electron chi connectivity index (χ4n) is 1.32. The van der Waals surface area contributed by atoms with E-state index < -0.39 is 0 Å². The molecule has 1 aliphatic rings. The van der Waals surface area contributed by atoms with Crippen molar-refractivity contribution in [3.8, 4) is 0 Å². The Morgan fingerprint density at radius 3 is 1.52 bits per heavy atom. The van der Waals surface area contributed by atoms with E-state index in [1.54, 1.807) is 0 Å². The average Bonchev–Trinajstić information content (AvgIpc) is 2.63. The SMILES string of the molecule is CN(C)[C](=[Cr])C1=CCCCC1.[C-]#[O+].[C-]#[O+].[C-]#[O+].[C-]#[O+].[C-]#[O+]. The van der Waals surface area contributed by atoms with Crippen LogP contribution in [0.4, 0.5) is 0 Å². The third-order valence-electron chi connectivity index (χ3n) is 1.97. The van der Waals surface area contributed by atoms with E-state index in [4.69, 9.17) is 23.3 Å². The maximum atomic E-state index is 7.50. The zero-order valence-corrected chi connectivity index (χ0v) is 13.1. The van der Waals surface area contributed by atoms with Crippen molar-refractivity contribution in [2.75, 3.05) is 14.1 Å². The van der Waals surface area contributed by atoms with Crippen LogP contribution in [0.15, 0.2) is 11.6 Å². The Balaban J connectivity index is -0.0000000727. The molecule has 0 aromatic rings. The Bertz CT molecular complexity index is 329. The van der Waals surface area contributed by atoms with Crippen LogP contribution in [0, 0.1) is 33.3 Å². The molecule has 1 aliphatic carbocycles. The van der Waals surface area contributed by atoms with Crippen LogP contribution >= 0.6 is 0 Å². The average molecular weight is 329 g/mol. The molecule has 0 atom stereocenters. The van der Waals surface area contributed by atoms with E-state index in [2.05, 4.69) is 74.2 Å². The third-order valence-corrected chi connectivity index (χ3v) is 2.95. The molecule has 1 rings (SSSR count). The summed E-state index contributed by atoms with van der Waals surface area (Å²) in [4.78, 5) is 2.15. The first-order valence-corrected chi connectivity index (χ1v) is 5.78. The molecule has 0 aromatic carbocycles. The third kappa shape index (κ3) is 24.2. The zero-order valence-electron chi connectivity index (χ0n) is 11.8. The molecule has 0 aliphatic heterocycles. The predicted octanol–water partition coefficient (Wildman–Crippen LogP) is 1.54. The van der Waals surface area contributed by atoms with E-state index in [1.165, 1.54) is 35.8 Å². The number of allylic oxidation sites excluding steroid dienone is 1. The second kappa shape index (κ2) is 36.4. The first-order chi connectivity index (χ1) is 10.2. The predicted molar refractivity (Wildman–Crippen MR) is 64.9 cm³/mol. The molecule has 21 heavy (non-hydrogen) atoms. The van der Waals surface area contributed by atoms with Crippen LogP contribution in [-0.2, 0) is 39.1 Å². The topological polar surface area (TPSA) is 103 Å². The molecule has 0 aromatic heterocycles. The van der Waals surface area contributed by atoms with Gasteiger partial charge in [0.2, 0.25) is 0 Å². The Morgan fingerprint density at radius 2 is 1.29 bits per heavy atom. The van der Waals surface area contributed by atoms with Crippen molar-refractivity contribution < 1.29 is 39.1 Å². The molecule has 0 spiro atoms. The number of nitrogens with zero attached hydrogens (tertiary/aromatic N) is 1. The van der Waals surface area contributed by atoms with Crippen molar-refractivity contribution in [3.05, 3.63) is 44.9 Å². The van der Waals surface area contributed by atoms with E-state index in [0.29, 0.717) is 0 Å². The molecule has 0 amide bonds. The molecule has 0 unspecified atom stereocenters. The van der Waals surface area contributed by atoms with Gasteiger partial charge in [0.15, 0.2) is 0 Å². The van der Waals surface area contributed by atoms with Crippen LogP contribution in [-0.4, -0.2) is 23.5 Å². The summed E-state index contributed by atoms with van der Waals surface area (Å²) in [6.45, 7) is 22.5. The van der Waals surface area contributed by atoms with Gasteiger partial charge in [0.05, 0.1) is 0 Å². The Kier molecular flexibility index (Phi) is 55.3. The number of rotatable bonds is 2. The van der Waals surface area contributed by atoms with E-state index in [0.717, 1.165) is 0 Å². The molecule has 0 radical (unpaired) electrons. The first kappa shape index (κ1) is 32.0. The van der Waals surface area contributed by atoms with Crippen molar-refractivity contribution in [2.24, 2.45) is 0 Å². The van der Waals surface area contributed by atoms with Gasteiger partial charge >= 0.3 is 133 Å². The molecule has 0 fully saturated rings. The summed E-state index contributed by atoms with van der Waals surface area (Å²) in [6, 6.07) is 0. The van der Waals surface area contributed by atoms with Gasteiger partial charge in [-0.1, -0.05) is 0 Å². The molecule has 7 heteroatoms. The van der Waals surface area contributed by atoms with Gasteiger partial charge in [-0.2, -0.15) is 0 Å². The van der Waals surface area contributed by atoms with E-state index in [-0.39, 0.29) is 0 Å². The second-order valence-electron chi connectivity index (χ2n) is 3.17. The van der Waals surface area contributed by atoms with E-state index >= 15 is 0 Å². The molecule has 112 valence electrons. The molecule has 0 N–H and O–H groups in total. The maximum absolute atomic E-state index is 7.50. The summed E-state index contributed by atoms with van der Waals surface area (Å²) < 4.78 is 38.8. The number of hydrogen-bond acceptors (Lipinski definition) is 1. The van der Waals surface area contributed by atoms with E-state index in [9.17, 15) is 0 Å². The van der Waals surface area contributed by atoms with Crippen LogP contribution in [0.3, 0.4) is 0 Å². The minimum atomic E-state index is 1.25. The zero-order chi connectivity index (χ0) is 18.3. The first-order valence-electron chi connectivity index (χ1n) is 5.14.